The summed E-state index contributed by atoms with van der Waals surface area (Å²) < 4.78 is 0. The van der Waals surface area contributed by atoms with E-state index in [1.54, 1.807) is 0 Å². The Morgan fingerprint density at radius 1 is 0.328 bits per heavy atom. The molecule has 1 nitrogen and oxygen atoms in total. The number of fused-ring (bicyclic) bond motifs is 7. The number of aryl methyl sites for hydroxylation is 1. The second kappa shape index (κ2) is 14.7. The van der Waals surface area contributed by atoms with Crippen molar-refractivity contribution in [2.45, 2.75) is 31.6 Å². The van der Waals surface area contributed by atoms with E-state index in [0.717, 1.165) is 11.4 Å². The first-order chi connectivity index (χ1) is 31.4. The third-order valence-electron chi connectivity index (χ3n) is 14.2. The van der Waals surface area contributed by atoms with Crippen molar-refractivity contribution in [2.24, 2.45) is 0 Å². The first kappa shape index (κ1) is 38.0. The van der Waals surface area contributed by atoms with Gasteiger partial charge in [-0.25, -0.2) is 0 Å². The molecule has 12 rings (SSSR count). The van der Waals surface area contributed by atoms with Crippen molar-refractivity contribution >= 4 is 27.8 Å². The van der Waals surface area contributed by atoms with Crippen LogP contribution >= 0.6 is 0 Å². The van der Waals surface area contributed by atoms with Gasteiger partial charge in [-0.2, -0.15) is 0 Å². The van der Waals surface area contributed by atoms with Gasteiger partial charge in [-0.3, -0.25) is 0 Å². The fourth-order valence-electron chi connectivity index (χ4n) is 11.3. The molecule has 304 valence electrons. The molecule has 0 saturated carbocycles. The van der Waals surface area contributed by atoms with E-state index >= 15 is 0 Å². The van der Waals surface area contributed by atoms with Gasteiger partial charge in [0.15, 0.2) is 0 Å². The molecule has 10 aromatic rings. The molecular formula is C63H47N. The minimum atomic E-state index is -0.537. The highest BCUT2D eigenvalue weighted by atomic mass is 15.1. The van der Waals surface area contributed by atoms with Crippen molar-refractivity contribution < 1.29 is 0 Å². The molecule has 0 unspecified atom stereocenters. The monoisotopic (exact) mass is 817 g/mol. The van der Waals surface area contributed by atoms with Gasteiger partial charge in [0.25, 0.3) is 0 Å². The lowest BCUT2D eigenvalue weighted by Crippen LogP contribution is -2.28. The highest BCUT2D eigenvalue weighted by molar-refractivity contribution is 5.98. The molecule has 0 aliphatic heterocycles. The van der Waals surface area contributed by atoms with Crippen molar-refractivity contribution in [2.75, 3.05) is 4.90 Å². The Bertz CT molecular complexity index is 3380. The van der Waals surface area contributed by atoms with E-state index in [9.17, 15) is 0 Å². The van der Waals surface area contributed by atoms with Crippen LogP contribution in [0.25, 0.3) is 55.3 Å². The zero-order valence-corrected chi connectivity index (χ0v) is 36.4. The number of benzene rings is 10. The molecule has 0 amide bonds. The smallest absolute Gasteiger partial charge is 0.0714 e. The van der Waals surface area contributed by atoms with Gasteiger partial charge in [0.1, 0.15) is 0 Å². The summed E-state index contributed by atoms with van der Waals surface area (Å²) in [6.07, 6.45) is 0. The molecule has 0 heterocycles. The molecule has 0 atom stereocenters. The van der Waals surface area contributed by atoms with Crippen LogP contribution in [0.2, 0.25) is 0 Å². The normalized spacial score (nSPS) is 13.8. The number of hydrogen-bond donors (Lipinski definition) is 0. The maximum atomic E-state index is 2.57. The van der Waals surface area contributed by atoms with Gasteiger partial charge in [0, 0.05) is 22.4 Å². The standard InChI is InChI=1S/C63H47N/c1-42-37-47(43-19-7-4-8-20-43)39-56(46-32-31-44-21-13-14-22-45(44)38-46)61(42)64(50-33-35-54-52-27-15-17-29-57(52)62(2,3)59(54)40-50)51-34-36-55-53-28-16-18-30-58(53)63(60(55)41-51,48-23-9-5-10-24-48)49-25-11-6-12-26-49/h4-41H,1-3H3. The summed E-state index contributed by atoms with van der Waals surface area (Å²) in [7, 11) is 0. The Morgan fingerprint density at radius 2 is 0.844 bits per heavy atom. The summed E-state index contributed by atoms with van der Waals surface area (Å²) in [5, 5.41) is 2.46. The SMILES string of the molecule is Cc1cc(-c2ccccc2)cc(-c2ccc3ccccc3c2)c1N(c1ccc2c(c1)C(C)(C)c1ccccc1-2)c1ccc2c(c1)C(c1ccccc1)(c1ccccc1)c1ccccc1-2. The Kier molecular flexibility index (Phi) is 8.71. The summed E-state index contributed by atoms with van der Waals surface area (Å²) in [4.78, 5) is 2.57. The van der Waals surface area contributed by atoms with E-state index in [0.29, 0.717) is 0 Å². The maximum Gasteiger partial charge on any atom is 0.0714 e. The Morgan fingerprint density at radius 3 is 1.52 bits per heavy atom. The Balaban J connectivity index is 1.17. The zero-order valence-electron chi connectivity index (χ0n) is 36.4. The molecular weight excluding hydrogens is 771 g/mol. The van der Waals surface area contributed by atoms with E-state index in [1.807, 2.05) is 0 Å². The average Bonchev–Trinajstić information content (AvgIpc) is 3.77. The molecule has 0 aromatic heterocycles. The molecule has 10 aromatic carbocycles. The fraction of sp³-hybridized carbons (Fsp3) is 0.0794. The molecule has 2 aliphatic carbocycles. The van der Waals surface area contributed by atoms with Crippen LogP contribution in [0, 0.1) is 6.92 Å². The van der Waals surface area contributed by atoms with E-state index < -0.39 is 5.41 Å². The quantitative estimate of drug-likeness (QED) is 0.155. The molecule has 0 fully saturated rings. The summed E-state index contributed by atoms with van der Waals surface area (Å²) in [5.74, 6) is 0. The van der Waals surface area contributed by atoms with Crippen molar-refractivity contribution in [3.05, 3.63) is 269 Å². The molecule has 0 bridgehead atoms. The topological polar surface area (TPSA) is 3.24 Å². The molecule has 0 N–H and O–H groups in total. The van der Waals surface area contributed by atoms with Crippen molar-refractivity contribution in [1.29, 1.82) is 0 Å². The van der Waals surface area contributed by atoms with Crippen LogP contribution in [0.1, 0.15) is 52.8 Å². The van der Waals surface area contributed by atoms with E-state index in [1.165, 1.54) is 99.9 Å². The van der Waals surface area contributed by atoms with Crippen molar-refractivity contribution in [1.82, 2.24) is 0 Å². The number of anilines is 3. The average molecular weight is 818 g/mol. The lowest BCUT2D eigenvalue weighted by molar-refractivity contribution is 0.660. The predicted octanol–water partition coefficient (Wildman–Crippen LogP) is 16.6. The summed E-state index contributed by atoms with van der Waals surface area (Å²) in [5.41, 5.74) is 21.7. The van der Waals surface area contributed by atoms with Crippen LogP contribution < -0.4 is 4.90 Å². The first-order valence-electron chi connectivity index (χ1n) is 22.5. The molecule has 1 heteroatoms. The van der Waals surface area contributed by atoms with Gasteiger partial charge in [0.2, 0.25) is 0 Å². The van der Waals surface area contributed by atoms with Gasteiger partial charge in [-0.15, -0.1) is 0 Å². The van der Waals surface area contributed by atoms with Crippen LogP contribution in [-0.2, 0) is 10.8 Å². The minimum absolute atomic E-state index is 0.170. The van der Waals surface area contributed by atoms with Gasteiger partial charge in [-0.05, 0) is 138 Å². The van der Waals surface area contributed by atoms with E-state index in [4.69, 9.17) is 0 Å². The summed E-state index contributed by atoms with van der Waals surface area (Å²) in [6.45, 7) is 7.06. The molecule has 0 spiro atoms. The number of nitrogens with zero attached hydrogens (tertiary/aromatic N) is 1. The lowest BCUT2D eigenvalue weighted by atomic mass is 9.67. The summed E-state index contributed by atoms with van der Waals surface area (Å²) >= 11 is 0. The number of rotatable bonds is 7. The molecule has 0 radical (unpaired) electrons. The van der Waals surface area contributed by atoms with Crippen LogP contribution in [0.3, 0.4) is 0 Å². The van der Waals surface area contributed by atoms with Gasteiger partial charge >= 0.3 is 0 Å². The second-order valence-electron chi connectivity index (χ2n) is 18.1. The Hall–Kier alpha value is -7.74. The maximum absolute atomic E-state index is 2.57. The van der Waals surface area contributed by atoms with Crippen LogP contribution in [0.15, 0.2) is 231 Å². The molecule has 64 heavy (non-hydrogen) atoms. The highest BCUT2D eigenvalue weighted by Gasteiger charge is 2.46. The third-order valence-corrected chi connectivity index (χ3v) is 14.2. The third kappa shape index (κ3) is 5.70. The number of hydrogen-bond acceptors (Lipinski definition) is 1. The van der Waals surface area contributed by atoms with Gasteiger partial charge in [-0.1, -0.05) is 202 Å². The fourth-order valence-corrected chi connectivity index (χ4v) is 11.3. The van der Waals surface area contributed by atoms with E-state index in [-0.39, 0.29) is 5.41 Å². The van der Waals surface area contributed by atoms with Gasteiger partial charge < -0.3 is 4.90 Å². The zero-order chi connectivity index (χ0) is 43.0. The largest absolute Gasteiger partial charge is 0.310 e. The van der Waals surface area contributed by atoms with Crippen molar-refractivity contribution in [3.8, 4) is 44.5 Å². The van der Waals surface area contributed by atoms with Gasteiger partial charge in [0.05, 0.1) is 11.1 Å². The Labute approximate surface area is 376 Å². The second-order valence-corrected chi connectivity index (χ2v) is 18.1. The predicted molar refractivity (Wildman–Crippen MR) is 269 cm³/mol. The molecule has 2 aliphatic rings. The summed E-state index contributed by atoms with van der Waals surface area (Å²) in [6, 6.07) is 86.0. The van der Waals surface area contributed by atoms with Crippen molar-refractivity contribution in [3.63, 3.8) is 0 Å². The highest BCUT2D eigenvalue weighted by Crippen LogP contribution is 2.58. The minimum Gasteiger partial charge on any atom is -0.310 e. The lowest BCUT2D eigenvalue weighted by Gasteiger charge is -2.35. The first-order valence-corrected chi connectivity index (χ1v) is 22.5. The van der Waals surface area contributed by atoms with Crippen LogP contribution in [0.4, 0.5) is 17.1 Å². The van der Waals surface area contributed by atoms with Crippen LogP contribution in [-0.4, -0.2) is 0 Å². The van der Waals surface area contributed by atoms with E-state index in [2.05, 4.69) is 256 Å². The molecule has 0 saturated heterocycles. The van der Waals surface area contributed by atoms with Crippen LogP contribution in [0.5, 0.6) is 0 Å².